The van der Waals surface area contributed by atoms with Gasteiger partial charge in [-0.25, -0.2) is 8.78 Å². The summed E-state index contributed by atoms with van der Waals surface area (Å²) < 4.78 is 32.7. The maximum absolute atomic E-state index is 13.5. The predicted octanol–water partition coefficient (Wildman–Crippen LogP) is 2.41. The number of oxime groups is 1. The normalized spacial score (nSPS) is 21.6. The first-order valence-electron chi connectivity index (χ1n) is 8.96. The van der Waals surface area contributed by atoms with Gasteiger partial charge in [0.15, 0.2) is 5.60 Å². The van der Waals surface area contributed by atoms with Crippen LogP contribution in [-0.4, -0.2) is 58.6 Å². The van der Waals surface area contributed by atoms with E-state index in [0.29, 0.717) is 5.71 Å². The van der Waals surface area contributed by atoms with E-state index in [-0.39, 0.29) is 55.4 Å². The minimum absolute atomic E-state index is 0.0335. The first-order valence-corrected chi connectivity index (χ1v) is 8.96. The maximum Gasteiger partial charge on any atom is 0.257 e. The number of phenols is 2. The van der Waals surface area contributed by atoms with Gasteiger partial charge in [0.25, 0.3) is 5.91 Å². The van der Waals surface area contributed by atoms with Gasteiger partial charge < -0.3 is 24.7 Å². The second-order valence-electron chi connectivity index (χ2n) is 7.13. The monoisotopic (exact) mass is 404 g/mol. The molecular weight excluding hydrogens is 386 g/mol. The highest BCUT2D eigenvalue weighted by molar-refractivity contribution is 6.02. The van der Waals surface area contributed by atoms with Crippen LogP contribution < -0.4 is 0 Å². The molecule has 0 aromatic heterocycles. The van der Waals surface area contributed by atoms with Crippen LogP contribution in [0.4, 0.5) is 8.78 Å². The molecule has 7 nitrogen and oxygen atoms in total. The van der Waals surface area contributed by atoms with E-state index in [1.807, 2.05) is 0 Å². The summed E-state index contributed by atoms with van der Waals surface area (Å²) >= 11 is 0. The number of hydrogen-bond acceptors (Lipinski definition) is 6. The van der Waals surface area contributed by atoms with Crippen LogP contribution in [0.5, 0.6) is 11.5 Å². The van der Waals surface area contributed by atoms with Crippen LogP contribution in [0.2, 0.25) is 0 Å². The Morgan fingerprint density at radius 2 is 1.90 bits per heavy atom. The van der Waals surface area contributed by atoms with Gasteiger partial charge in [-0.1, -0.05) is 5.16 Å². The molecule has 2 aromatic rings. The lowest BCUT2D eigenvalue weighted by molar-refractivity contribution is -0.0701. The Hall–Kier alpha value is -3.20. The summed E-state index contributed by atoms with van der Waals surface area (Å²) in [4.78, 5) is 20.0. The fourth-order valence-electron chi connectivity index (χ4n) is 3.51. The lowest BCUT2D eigenvalue weighted by Crippen LogP contribution is -2.46. The van der Waals surface area contributed by atoms with Gasteiger partial charge in [0.05, 0.1) is 31.0 Å². The third kappa shape index (κ3) is 3.86. The molecule has 0 bridgehead atoms. The second-order valence-corrected chi connectivity index (χ2v) is 7.13. The summed E-state index contributed by atoms with van der Waals surface area (Å²) in [5.74, 6) is -2.40. The van der Waals surface area contributed by atoms with Crippen molar-refractivity contribution < 1.29 is 33.4 Å². The van der Waals surface area contributed by atoms with E-state index >= 15 is 0 Å². The van der Waals surface area contributed by atoms with Crippen molar-refractivity contribution in [1.82, 2.24) is 4.90 Å². The molecule has 1 saturated heterocycles. The standard InChI is InChI=1S/C20H18F2N2O5/c21-13-5-12(6-14(22)7-13)17-9-20(29-23-17)10-24(3-4-28-11-20)19(27)16-2-1-15(25)8-18(16)26/h1-2,5-8,25-26H,3-4,9-11H2. The number of aromatic hydroxyl groups is 2. The number of ether oxygens (including phenoxy) is 1. The van der Waals surface area contributed by atoms with Crippen LogP contribution in [0.3, 0.4) is 0 Å². The van der Waals surface area contributed by atoms with Gasteiger partial charge in [-0.3, -0.25) is 4.79 Å². The van der Waals surface area contributed by atoms with Gasteiger partial charge >= 0.3 is 0 Å². The number of hydrogen-bond donors (Lipinski definition) is 2. The SMILES string of the molecule is O=C(c1ccc(O)cc1O)N1CCOCC2(CC(c3cc(F)cc(F)c3)=NO2)C1. The van der Waals surface area contributed by atoms with E-state index in [2.05, 4.69) is 5.16 Å². The molecule has 2 N–H and O–H groups in total. The molecule has 4 rings (SSSR count). The summed E-state index contributed by atoms with van der Waals surface area (Å²) in [7, 11) is 0. The Morgan fingerprint density at radius 1 is 1.14 bits per heavy atom. The number of amides is 1. The molecule has 0 aliphatic carbocycles. The smallest absolute Gasteiger partial charge is 0.257 e. The van der Waals surface area contributed by atoms with Gasteiger partial charge in [-0.15, -0.1) is 0 Å². The number of nitrogens with zero attached hydrogens (tertiary/aromatic N) is 2. The summed E-state index contributed by atoms with van der Waals surface area (Å²) in [6, 6.07) is 6.83. The average Bonchev–Trinajstić information content (AvgIpc) is 2.95. The topological polar surface area (TPSA) is 91.6 Å². The van der Waals surface area contributed by atoms with E-state index < -0.39 is 23.1 Å². The van der Waals surface area contributed by atoms with Crippen LogP contribution in [0, 0.1) is 11.6 Å². The number of carbonyl (C=O) groups is 1. The first kappa shape index (κ1) is 19.1. The molecule has 9 heteroatoms. The highest BCUT2D eigenvalue weighted by atomic mass is 19.1. The predicted molar refractivity (Wildman–Crippen MR) is 97.8 cm³/mol. The van der Waals surface area contributed by atoms with Gasteiger partial charge in [-0.05, 0) is 24.3 Å². The Bertz CT molecular complexity index is 977. The molecule has 1 spiro atoms. The van der Waals surface area contributed by atoms with Crippen molar-refractivity contribution in [2.24, 2.45) is 5.16 Å². The Morgan fingerprint density at radius 3 is 2.62 bits per heavy atom. The summed E-state index contributed by atoms with van der Waals surface area (Å²) in [6.45, 7) is 0.758. The molecule has 1 amide bonds. The van der Waals surface area contributed by atoms with Crippen LogP contribution >= 0.6 is 0 Å². The first-order chi connectivity index (χ1) is 13.8. The van der Waals surface area contributed by atoms with Crippen LogP contribution in [0.15, 0.2) is 41.6 Å². The molecule has 152 valence electrons. The van der Waals surface area contributed by atoms with Crippen molar-refractivity contribution >= 4 is 11.6 Å². The average molecular weight is 404 g/mol. The lowest BCUT2D eigenvalue weighted by atomic mass is 9.94. The Kier molecular flexibility index (Phi) is 4.83. The van der Waals surface area contributed by atoms with E-state index in [1.165, 1.54) is 29.2 Å². The zero-order valence-electron chi connectivity index (χ0n) is 15.3. The minimum atomic E-state index is -1.00. The zero-order valence-corrected chi connectivity index (χ0v) is 15.3. The van der Waals surface area contributed by atoms with Crippen molar-refractivity contribution in [3.8, 4) is 11.5 Å². The van der Waals surface area contributed by atoms with Gasteiger partial charge in [0.1, 0.15) is 23.1 Å². The van der Waals surface area contributed by atoms with E-state index in [9.17, 15) is 23.8 Å². The summed E-state index contributed by atoms with van der Waals surface area (Å²) in [5.41, 5.74) is -0.353. The molecule has 0 radical (unpaired) electrons. The van der Waals surface area contributed by atoms with Gasteiger partial charge in [0.2, 0.25) is 0 Å². The Labute approximate surface area is 164 Å². The molecule has 1 unspecified atom stereocenters. The number of halogens is 2. The van der Waals surface area contributed by atoms with E-state index in [0.717, 1.165) is 12.1 Å². The largest absolute Gasteiger partial charge is 0.508 e. The molecule has 1 atom stereocenters. The third-order valence-electron chi connectivity index (χ3n) is 4.88. The summed E-state index contributed by atoms with van der Waals surface area (Å²) in [5, 5.41) is 23.4. The fraction of sp³-hybridized carbons (Fsp3) is 0.300. The van der Waals surface area contributed by atoms with E-state index in [4.69, 9.17) is 9.57 Å². The molecule has 2 aliphatic heterocycles. The number of carbonyl (C=O) groups excluding carboxylic acids is 1. The molecule has 2 aromatic carbocycles. The number of benzene rings is 2. The Balaban J connectivity index is 1.55. The van der Waals surface area contributed by atoms with Crippen LogP contribution in [0.1, 0.15) is 22.3 Å². The molecule has 0 saturated carbocycles. The maximum atomic E-state index is 13.5. The van der Waals surface area contributed by atoms with Gasteiger partial charge in [0, 0.05) is 30.7 Å². The highest BCUT2D eigenvalue weighted by Crippen LogP contribution is 2.32. The molecule has 1 fully saturated rings. The second kappa shape index (κ2) is 7.32. The van der Waals surface area contributed by atoms with E-state index in [1.54, 1.807) is 0 Å². The van der Waals surface area contributed by atoms with Gasteiger partial charge in [-0.2, -0.15) is 0 Å². The molecule has 2 aliphatic rings. The fourth-order valence-corrected chi connectivity index (χ4v) is 3.51. The highest BCUT2D eigenvalue weighted by Gasteiger charge is 2.44. The summed E-state index contributed by atoms with van der Waals surface area (Å²) in [6.07, 6.45) is 0.196. The van der Waals surface area contributed by atoms with Crippen LogP contribution in [0.25, 0.3) is 0 Å². The number of phenolic OH excluding ortho intramolecular Hbond substituents is 2. The third-order valence-corrected chi connectivity index (χ3v) is 4.88. The van der Waals surface area contributed by atoms with Crippen molar-refractivity contribution in [3.05, 3.63) is 59.2 Å². The quantitative estimate of drug-likeness (QED) is 0.802. The van der Waals surface area contributed by atoms with Crippen molar-refractivity contribution in [1.29, 1.82) is 0 Å². The van der Waals surface area contributed by atoms with Crippen molar-refractivity contribution in [3.63, 3.8) is 0 Å². The number of rotatable bonds is 2. The van der Waals surface area contributed by atoms with Crippen molar-refractivity contribution in [2.45, 2.75) is 12.0 Å². The lowest BCUT2D eigenvalue weighted by Gasteiger charge is -2.29. The molecule has 29 heavy (non-hydrogen) atoms. The molecular formula is C20H18F2N2O5. The molecule has 2 heterocycles. The minimum Gasteiger partial charge on any atom is -0.508 e. The zero-order chi connectivity index (χ0) is 20.6. The van der Waals surface area contributed by atoms with Crippen LogP contribution in [-0.2, 0) is 9.57 Å². The van der Waals surface area contributed by atoms with Crippen molar-refractivity contribution in [2.75, 3.05) is 26.3 Å².